The van der Waals surface area contributed by atoms with Crippen molar-refractivity contribution >= 4 is 58.2 Å². The molecule has 0 aliphatic carbocycles. The van der Waals surface area contributed by atoms with Crippen LogP contribution >= 0.6 is 58.2 Å². The second-order valence-corrected chi connectivity index (χ2v) is 6.12. The summed E-state index contributed by atoms with van der Waals surface area (Å²) in [6.07, 6.45) is 0. The fourth-order valence-electron chi connectivity index (χ4n) is 0.636. The normalized spacial score (nSPS) is 12.4. The third kappa shape index (κ3) is 5.64. The molecule has 0 spiro atoms. The van der Waals surface area contributed by atoms with Gasteiger partial charge in [-0.3, -0.25) is 10.1 Å². The first kappa shape index (κ1) is 16.4. The van der Waals surface area contributed by atoms with E-state index in [9.17, 15) is 10.1 Å². The van der Waals surface area contributed by atoms with Gasteiger partial charge in [-0.25, -0.2) is 0 Å². The Morgan fingerprint density at radius 2 is 1.81 bits per heavy atom. The van der Waals surface area contributed by atoms with Gasteiger partial charge in [-0.2, -0.15) is 0 Å². The van der Waals surface area contributed by atoms with Gasteiger partial charge in [-0.1, -0.05) is 60.3 Å². The lowest BCUT2D eigenvalue weighted by Crippen LogP contribution is -2.02. The van der Waals surface area contributed by atoms with Crippen molar-refractivity contribution in [3.8, 4) is 0 Å². The minimum atomic E-state index is -0.706. The van der Waals surface area contributed by atoms with Crippen LogP contribution in [0.15, 0.2) is 19.6 Å². The highest BCUT2D eigenvalue weighted by Gasteiger charge is 2.24. The molecule has 0 heterocycles. The quantitative estimate of drug-likeness (QED) is 0.408. The van der Waals surface area contributed by atoms with Gasteiger partial charge in [0, 0.05) is 5.75 Å². The fraction of sp³-hybridized carbons (Fsp3) is 0.500. The number of nitrogens with zero attached hydrogens (tertiary/aromatic N) is 1. The molecule has 0 aromatic carbocycles. The first-order chi connectivity index (χ1) is 7.27. The summed E-state index contributed by atoms with van der Waals surface area (Å²) in [5, 5.41) is 10.4. The molecule has 0 atom stereocenters. The lowest BCUT2D eigenvalue weighted by atomic mass is 10.3. The predicted molar refractivity (Wildman–Crippen MR) is 71.8 cm³/mol. The number of nitro groups is 1. The summed E-state index contributed by atoms with van der Waals surface area (Å²) in [5.74, 6) is 0.987. The van der Waals surface area contributed by atoms with Crippen LogP contribution in [0.2, 0.25) is 0 Å². The van der Waals surface area contributed by atoms with Crippen LogP contribution in [0.1, 0.15) is 13.8 Å². The molecule has 0 aliphatic rings. The van der Waals surface area contributed by atoms with Gasteiger partial charge in [0.25, 0.3) is 0 Å². The Bertz CT molecular complexity index is 337. The smallest absolute Gasteiger partial charge is 0.258 e. The van der Waals surface area contributed by atoms with Gasteiger partial charge in [0.15, 0.2) is 9.40 Å². The maximum Gasteiger partial charge on any atom is 0.315 e. The van der Waals surface area contributed by atoms with Gasteiger partial charge in [-0.05, 0) is 5.92 Å². The Balaban J connectivity index is 5.11. The van der Waals surface area contributed by atoms with Crippen LogP contribution < -0.4 is 0 Å². The topological polar surface area (TPSA) is 43.1 Å². The Hall–Kier alpha value is 0.390. The number of thioether (sulfide) groups is 1. The fourth-order valence-corrected chi connectivity index (χ4v) is 2.23. The van der Waals surface area contributed by atoms with Crippen molar-refractivity contribution in [2.75, 3.05) is 5.75 Å². The Kier molecular flexibility index (Phi) is 7.85. The van der Waals surface area contributed by atoms with Crippen LogP contribution in [-0.2, 0) is 0 Å². The summed E-state index contributed by atoms with van der Waals surface area (Å²) in [6.45, 7) is 3.93. The average molecular weight is 325 g/mol. The molecule has 0 N–H and O–H groups in total. The van der Waals surface area contributed by atoms with E-state index in [0.29, 0.717) is 11.7 Å². The van der Waals surface area contributed by atoms with Gasteiger partial charge in [-0.15, -0.1) is 11.8 Å². The molecular weight excluding hydrogens is 316 g/mol. The Morgan fingerprint density at radius 3 is 2.12 bits per heavy atom. The van der Waals surface area contributed by atoms with Crippen LogP contribution in [0, 0.1) is 16.0 Å². The van der Waals surface area contributed by atoms with Crippen LogP contribution in [0.5, 0.6) is 0 Å². The first-order valence-corrected chi connectivity index (χ1v) is 6.65. The minimum absolute atomic E-state index is 0.0255. The zero-order valence-corrected chi connectivity index (χ0v) is 12.3. The van der Waals surface area contributed by atoms with E-state index in [-0.39, 0.29) is 13.9 Å². The summed E-state index contributed by atoms with van der Waals surface area (Å²) in [7, 11) is 0. The molecule has 0 aromatic heterocycles. The molecule has 0 amide bonds. The van der Waals surface area contributed by atoms with Gasteiger partial charge in [0.05, 0.1) is 4.92 Å². The summed E-state index contributed by atoms with van der Waals surface area (Å²) in [6, 6.07) is 0. The van der Waals surface area contributed by atoms with Crippen molar-refractivity contribution in [2.45, 2.75) is 13.8 Å². The van der Waals surface area contributed by atoms with Crippen molar-refractivity contribution in [3.05, 3.63) is 29.7 Å². The monoisotopic (exact) mass is 323 g/mol. The second kappa shape index (κ2) is 7.67. The number of allylic oxidation sites excluding steroid dienone is 1. The Morgan fingerprint density at radius 1 is 1.31 bits per heavy atom. The zero-order chi connectivity index (χ0) is 12.9. The Labute approximate surface area is 118 Å². The molecule has 0 aliphatic heterocycles. The molecule has 0 saturated heterocycles. The lowest BCUT2D eigenvalue weighted by Gasteiger charge is -2.04. The van der Waals surface area contributed by atoms with Gasteiger partial charge >= 0.3 is 5.70 Å². The lowest BCUT2D eigenvalue weighted by molar-refractivity contribution is -0.419. The minimum Gasteiger partial charge on any atom is -0.258 e. The van der Waals surface area contributed by atoms with Crippen molar-refractivity contribution in [1.82, 2.24) is 0 Å². The second-order valence-electron chi connectivity index (χ2n) is 3.16. The highest BCUT2D eigenvalue weighted by molar-refractivity contribution is 8.04. The number of rotatable bonds is 5. The van der Waals surface area contributed by atoms with E-state index in [1.165, 1.54) is 0 Å². The first-order valence-electron chi connectivity index (χ1n) is 4.15. The van der Waals surface area contributed by atoms with Crippen LogP contribution in [-0.4, -0.2) is 10.7 Å². The van der Waals surface area contributed by atoms with Crippen molar-refractivity contribution in [1.29, 1.82) is 0 Å². The summed E-state index contributed by atoms with van der Waals surface area (Å²) in [5.41, 5.74) is -0.464. The van der Waals surface area contributed by atoms with Crippen LogP contribution in [0.4, 0.5) is 0 Å². The van der Waals surface area contributed by atoms with Crippen molar-refractivity contribution in [2.24, 2.45) is 5.92 Å². The van der Waals surface area contributed by atoms with E-state index in [0.717, 1.165) is 11.8 Å². The maximum absolute atomic E-state index is 10.7. The SMILES string of the molecule is CC(C)CS/C(Cl)=C(/C(Cl)=C(Cl)Cl)[N+](=O)[O-]. The third-order valence-electron chi connectivity index (χ3n) is 1.29. The predicted octanol–water partition coefficient (Wildman–Crippen LogP) is 4.95. The molecule has 8 heteroatoms. The standard InChI is InChI=1S/C8H9Cl4NO2S/c1-4(2)3-16-8(12)6(13(14)15)5(9)7(10)11/h4H,3H2,1-2H3/b8-6-. The van der Waals surface area contributed by atoms with Gasteiger partial charge < -0.3 is 0 Å². The van der Waals surface area contributed by atoms with E-state index < -0.39 is 10.6 Å². The van der Waals surface area contributed by atoms with E-state index in [1.54, 1.807) is 0 Å². The van der Waals surface area contributed by atoms with Gasteiger partial charge in [0.1, 0.15) is 4.49 Å². The van der Waals surface area contributed by atoms with Crippen LogP contribution in [0.25, 0.3) is 0 Å². The molecule has 0 bridgehead atoms. The molecule has 0 radical (unpaired) electrons. The highest BCUT2D eigenvalue weighted by atomic mass is 35.5. The van der Waals surface area contributed by atoms with Crippen molar-refractivity contribution < 1.29 is 4.92 Å². The van der Waals surface area contributed by atoms with Crippen LogP contribution in [0.3, 0.4) is 0 Å². The number of hydrogen-bond acceptors (Lipinski definition) is 3. The molecule has 0 aromatic rings. The zero-order valence-electron chi connectivity index (χ0n) is 8.47. The average Bonchev–Trinajstić information content (AvgIpc) is 2.13. The van der Waals surface area contributed by atoms with E-state index in [2.05, 4.69) is 0 Å². The molecule has 0 fully saturated rings. The molecule has 92 valence electrons. The maximum atomic E-state index is 10.7. The molecule has 3 nitrogen and oxygen atoms in total. The highest BCUT2D eigenvalue weighted by Crippen LogP contribution is 2.34. The van der Waals surface area contributed by atoms with E-state index >= 15 is 0 Å². The number of halogens is 4. The molecular formula is C8H9Cl4NO2S. The molecule has 16 heavy (non-hydrogen) atoms. The summed E-state index contributed by atoms with van der Waals surface area (Å²) >= 11 is 23.3. The largest absolute Gasteiger partial charge is 0.315 e. The van der Waals surface area contributed by atoms with Crippen molar-refractivity contribution in [3.63, 3.8) is 0 Å². The summed E-state index contributed by atoms with van der Waals surface area (Å²) in [4.78, 5) is 10.0. The van der Waals surface area contributed by atoms with E-state index in [4.69, 9.17) is 46.4 Å². The molecule has 0 unspecified atom stereocenters. The molecule has 0 rings (SSSR count). The molecule has 0 saturated carbocycles. The summed E-state index contributed by atoms with van der Waals surface area (Å²) < 4.78 is -0.404. The van der Waals surface area contributed by atoms with E-state index in [1.807, 2.05) is 13.8 Å². The third-order valence-corrected chi connectivity index (χ3v) is 4.01. The number of hydrogen-bond donors (Lipinski definition) is 0. The van der Waals surface area contributed by atoms with Gasteiger partial charge in [0.2, 0.25) is 0 Å².